The number of hydrogen-bond acceptors (Lipinski definition) is 4. The zero-order valence-corrected chi connectivity index (χ0v) is 15.5. The highest BCUT2D eigenvalue weighted by atomic mass is 32.2. The minimum absolute atomic E-state index is 0.0364. The van der Waals surface area contributed by atoms with E-state index in [0.29, 0.717) is 6.04 Å². The molecule has 1 amide bonds. The van der Waals surface area contributed by atoms with E-state index in [4.69, 9.17) is 0 Å². The summed E-state index contributed by atoms with van der Waals surface area (Å²) in [6.45, 7) is 7.59. The van der Waals surface area contributed by atoms with Gasteiger partial charge < -0.3 is 5.32 Å². The monoisotopic (exact) mass is 339 g/mol. The van der Waals surface area contributed by atoms with Gasteiger partial charge in [-0.2, -0.15) is 11.8 Å². The maximum atomic E-state index is 12.2. The molecule has 1 atom stereocenters. The lowest BCUT2D eigenvalue weighted by molar-refractivity contribution is -0.126. The van der Waals surface area contributed by atoms with Crippen LogP contribution in [-0.2, 0) is 4.79 Å². The number of carbonyl (C=O) groups excluding carboxylic acids is 1. The van der Waals surface area contributed by atoms with Crippen LogP contribution in [0, 0.1) is 0 Å². The summed E-state index contributed by atoms with van der Waals surface area (Å²) < 4.78 is 0. The van der Waals surface area contributed by atoms with Gasteiger partial charge in [-0.05, 0) is 32.6 Å². The molecule has 1 N–H and O–H groups in total. The van der Waals surface area contributed by atoms with Crippen molar-refractivity contribution in [3.05, 3.63) is 0 Å². The SMILES string of the molecule is C[C@H](C(=O)NC1CC1)N1CCN(CCSC2CCCCC2)CC1. The first-order valence-corrected chi connectivity index (χ1v) is 10.7. The largest absolute Gasteiger partial charge is 0.352 e. The Hall–Kier alpha value is -0.260. The number of nitrogens with one attached hydrogen (secondary N) is 1. The maximum absolute atomic E-state index is 12.2. The fourth-order valence-corrected chi connectivity index (χ4v) is 5.03. The van der Waals surface area contributed by atoms with E-state index >= 15 is 0 Å². The van der Waals surface area contributed by atoms with E-state index in [0.717, 1.165) is 31.4 Å². The van der Waals surface area contributed by atoms with Crippen LogP contribution in [0.1, 0.15) is 51.9 Å². The molecule has 0 aromatic heterocycles. The van der Waals surface area contributed by atoms with Gasteiger partial charge >= 0.3 is 0 Å². The highest BCUT2D eigenvalue weighted by molar-refractivity contribution is 7.99. The average Bonchev–Trinajstić information content (AvgIpc) is 3.40. The minimum atomic E-state index is 0.0364. The summed E-state index contributed by atoms with van der Waals surface area (Å²) in [7, 11) is 0. The van der Waals surface area contributed by atoms with Crippen molar-refractivity contribution in [1.82, 2.24) is 15.1 Å². The van der Waals surface area contributed by atoms with E-state index in [1.165, 1.54) is 57.2 Å². The number of nitrogens with zero attached hydrogens (tertiary/aromatic N) is 2. The van der Waals surface area contributed by atoms with Gasteiger partial charge in [-0.25, -0.2) is 0 Å². The van der Waals surface area contributed by atoms with Crippen LogP contribution >= 0.6 is 11.8 Å². The standard InChI is InChI=1S/C18H33N3OS/c1-15(18(22)19-16-7-8-16)21-11-9-20(10-12-21)13-14-23-17-5-3-2-4-6-17/h15-17H,2-14H2,1H3,(H,19,22)/t15-/m1/s1. The van der Waals surface area contributed by atoms with E-state index in [9.17, 15) is 4.79 Å². The third-order valence-corrected chi connectivity index (χ3v) is 6.93. The van der Waals surface area contributed by atoms with Gasteiger partial charge in [0.05, 0.1) is 6.04 Å². The Bertz CT molecular complexity index is 374. The molecular weight excluding hydrogens is 306 g/mol. The lowest BCUT2D eigenvalue weighted by Crippen LogP contribution is -2.54. The third kappa shape index (κ3) is 5.64. The highest BCUT2D eigenvalue weighted by Gasteiger charge is 2.29. The molecule has 132 valence electrons. The van der Waals surface area contributed by atoms with Crippen LogP contribution < -0.4 is 5.32 Å². The van der Waals surface area contributed by atoms with Crippen LogP contribution in [0.25, 0.3) is 0 Å². The number of piperazine rings is 1. The second-order valence-corrected chi connectivity index (χ2v) is 8.88. The van der Waals surface area contributed by atoms with Crippen molar-refractivity contribution in [1.29, 1.82) is 0 Å². The Kier molecular flexibility index (Phi) is 6.66. The van der Waals surface area contributed by atoms with Crippen LogP contribution in [0.3, 0.4) is 0 Å². The van der Waals surface area contributed by atoms with E-state index in [-0.39, 0.29) is 11.9 Å². The van der Waals surface area contributed by atoms with Crippen molar-refractivity contribution >= 4 is 17.7 Å². The van der Waals surface area contributed by atoms with Gasteiger partial charge in [-0.1, -0.05) is 19.3 Å². The summed E-state index contributed by atoms with van der Waals surface area (Å²) in [5.74, 6) is 1.51. The lowest BCUT2D eigenvalue weighted by Gasteiger charge is -2.37. The Morgan fingerprint density at radius 2 is 1.78 bits per heavy atom. The van der Waals surface area contributed by atoms with Crippen LogP contribution in [0.4, 0.5) is 0 Å². The summed E-state index contributed by atoms with van der Waals surface area (Å²) in [6.07, 6.45) is 9.55. The summed E-state index contributed by atoms with van der Waals surface area (Å²) >= 11 is 2.20. The second kappa shape index (κ2) is 8.72. The molecule has 0 spiro atoms. The van der Waals surface area contributed by atoms with Crippen molar-refractivity contribution in [3.8, 4) is 0 Å². The molecule has 5 heteroatoms. The van der Waals surface area contributed by atoms with Gasteiger partial charge in [0, 0.05) is 49.8 Å². The lowest BCUT2D eigenvalue weighted by atomic mass is 10.0. The molecule has 0 bridgehead atoms. The molecular formula is C18H33N3OS. The highest BCUT2D eigenvalue weighted by Crippen LogP contribution is 2.28. The van der Waals surface area contributed by atoms with E-state index in [1.54, 1.807) is 0 Å². The summed E-state index contributed by atoms with van der Waals surface area (Å²) in [5, 5.41) is 4.06. The first-order chi connectivity index (χ1) is 11.2. The van der Waals surface area contributed by atoms with Crippen LogP contribution in [0.2, 0.25) is 0 Å². The maximum Gasteiger partial charge on any atom is 0.237 e. The second-order valence-electron chi connectivity index (χ2n) is 7.47. The Balaban J connectivity index is 1.29. The molecule has 0 unspecified atom stereocenters. The summed E-state index contributed by atoms with van der Waals surface area (Å²) in [6, 6.07) is 0.511. The quantitative estimate of drug-likeness (QED) is 0.772. The Morgan fingerprint density at radius 3 is 2.43 bits per heavy atom. The number of thioether (sulfide) groups is 1. The van der Waals surface area contributed by atoms with Crippen molar-refractivity contribution in [2.75, 3.05) is 38.5 Å². The molecule has 2 aliphatic carbocycles. The van der Waals surface area contributed by atoms with Gasteiger partial charge in [0.25, 0.3) is 0 Å². The van der Waals surface area contributed by atoms with Crippen LogP contribution in [0.5, 0.6) is 0 Å². The minimum Gasteiger partial charge on any atom is -0.352 e. The fraction of sp³-hybridized carbons (Fsp3) is 0.944. The number of rotatable bonds is 7. The van der Waals surface area contributed by atoms with E-state index < -0.39 is 0 Å². The molecule has 0 radical (unpaired) electrons. The van der Waals surface area contributed by atoms with Crippen molar-refractivity contribution in [2.24, 2.45) is 0 Å². The van der Waals surface area contributed by atoms with E-state index in [1.807, 2.05) is 0 Å². The fourth-order valence-electron chi connectivity index (χ4n) is 3.67. The zero-order chi connectivity index (χ0) is 16.1. The number of hydrogen-bond donors (Lipinski definition) is 1. The van der Waals surface area contributed by atoms with E-state index in [2.05, 4.69) is 33.8 Å². The van der Waals surface area contributed by atoms with Crippen molar-refractivity contribution in [2.45, 2.75) is 69.2 Å². The molecule has 1 aliphatic heterocycles. The van der Waals surface area contributed by atoms with Crippen LogP contribution in [0.15, 0.2) is 0 Å². The number of amides is 1. The predicted octanol–water partition coefficient (Wildman–Crippen LogP) is 2.34. The smallest absolute Gasteiger partial charge is 0.237 e. The molecule has 1 heterocycles. The molecule has 0 aromatic rings. The topological polar surface area (TPSA) is 35.6 Å². The molecule has 2 saturated carbocycles. The third-order valence-electron chi connectivity index (χ3n) is 5.57. The molecule has 3 fully saturated rings. The van der Waals surface area contributed by atoms with Crippen molar-refractivity contribution in [3.63, 3.8) is 0 Å². The van der Waals surface area contributed by atoms with Gasteiger partial charge in [0.2, 0.25) is 5.91 Å². The molecule has 4 nitrogen and oxygen atoms in total. The Morgan fingerprint density at radius 1 is 1.09 bits per heavy atom. The first-order valence-electron chi connectivity index (χ1n) is 9.61. The Labute approximate surface area is 145 Å². The van der Waals surface area contributed by atoms with Crippen LogP contribution in [-0.4, -0.2) is 71.5 Å². The summed E-state index contributed by atoms with van der Waals surface area (Å²) in [4.78, 5) is 17.1. The first kappa shape index (κ1) is 17.6. The van der Waals surface area contributed by atoms with Gasteiger partial charge in [0.15, 0.2) is 0 Å². The molecule has 3 aliphatic rings. The molecule has 0 aromatic carbocycles. The summed E-state index contributed by atoms with van der Waals surface area (Å²) in [5.41, 5.74) is 0. The zero-order valence-electron chi connectivity index (χ0n) is 14.6. The molecule has 23 heavy (non-hydrogen) atoms. The molecule has 3 rings (SSSR count). The van der Waals surface area contributed by atoms with Gasteiger partial charge in [0.1, 0.15) is 0 Å². The molecule has 1 saturated heterocycles. The van der Waals surface area contributed by atoms with Gasteiger partial charge in [-0.15, -0.1) is 0 Å². The van der Waals surface area contributed by atoms with Crippen molar-refractivity contribution < 1.29 is 4.79 Å². The predicted molar refractivity (Wildman–Crippen MR) is 98.0 cm³/mol. The normalized spacial score (nSPS) is 26.1. The van der Waals surface area contributed by atoms with Gasteiger partial charge in [-0.3, -0.25) is 14.6 Å². The average molecular weight is 340 g/mol. The number of carbonyl (C=O) groups is 1.